The van der Waals surface area contributed by atoms with Gasteiger partial charge in [0.2, 0.25) is 0 Å². The van der Waals surface area contributed by atoms with Gasteiger partial charge in [-0.15, -0.1) is 0 Å². The highest BCUT2D eigenvalue weighted by Gasteiger charge is 2.52. The second kappa shape index (κ2) is 1.70. The fraction of sp³-hybridized carbons (Fsp3) is 1.00. The van der Waals surface area contributed by atoms with Crippen LogP contribution in [0.1, 0.15) is 12.8 Å². The molecule has 2 saturated carbocycles. The minimum absolute atomic E-state index is 0.356. The third-order valence-corrected chi connectivity index (χ3v) is 2.86. The van der Waals surface area contributed by atoms with Crippen LogP contribution in [0, 0.1) is 17.8 Å². The summed E-state index contributed by atoms with van der Waals surface area (Å²) < 4.78 is 0. The molecule has 0 aliphatic heterocycles. The second-order valence-corrected chi connectivity index (χ2v) is 3.41. The number of hydrogen-bond acceptors (Lipinski definition) is 2. The number of aliphatic hydroxyl groups excluding tert-OH is 1. The molecule has 2 aliphatic carbocycles. The van der Waals surface area contributed by atoms with Crippen molar-refractivity contribution in [2.45, 2.75) is 18.9 Å². The quantitative estimate of drug-likeness (QED) is 0.519. The standard InChI is InChI=1S/C7H13NO/c8-7-1-4(3-9)5-2-6(5)7/h4-7,9H,1-3,8H2/t4-,5+,6+,7-/m1/s1. The molecule has 52 valence electrons. The van der Waals surface area contributed by atoms with E-state index in [-0.39, 0.29) is 0 Å². The maximum absolute atomic E-state index is 8.83. The molecule has 0 aromatic carbocycles. The van der Waals surface area contributed by atoms with Gasteiger partial charge in [0.1, 0.15) is 0 Å². The highest BCUT2D eigenvalue weighted by Crippen LogP contribution is 2.54. The van der Waals surface area contributed by atoms with E-state index < -0.39 is 0 Å². The first kappa shape index (κ1) is 5.69. The molecule has 0 aromatic rings. The minimum Gasteiger partial charge on any atom is -0.396 e. The molecule has 4 atom stereocenters. The molecule has 0 spiro atoms. The minimum atomic E-state index is 0.356. The third kappa shape index (κ3) is 0.700. The van der Waals surface area contributed by atoms with Gasteiger partial charge in [-0.1, -0.05) is 0 Å². The molecular weight excluding hydrogens is 114 g/mol. The molecule has 2 nitrogen and oxygen atoms in total. The van der Waals surface area contributed by atoms with Crippen molar-refractivity contribution in [2.75, 3.05) is 6.61 Å². The Kier molecular flexibility index (Phi) is 1.08. The Morgan fingerprint density at radius 2 is 2.11 bits per heavy atom. The van der Waals surface area contributed by atoms with Crippen molar-refractivity contribution < 1.29 is 5.11 Å². The van der Waals surface area contributed by atoms with E-state index in [1.54, 1.807) is 0 Å². The van der Waals surface area contributed by atoms with Gasteiger partial charge < -0.3 is 10.8 Å². The van der Waals surface area contributed by atoms with Crippen LogP contribution in [0.25, 0.3) is 0 Å². The first-order chi connectivity index (χ1) is 4.33. The second-order valence-electron chi connectivity index (χ2n) is 3.41. The molecule has 0 heterocycles. The Balaban J connectivity index is 2.00. The number of nitrogens with two attached hydrogens (primary N) is 1. The molecule has 0 unspecified atom stereocenters. The van der Waals surface area contributed by atoms with E-state index in [9.17, 15) is 0 Å². The largest absolute Gasteiger partial charge is 0.396 e. The number of hydrogen-bond donors (Lipinski definition) is 2. The Morgan fingerprint density at radius 1 is 1.33 bits per heavy atom. The number of aliphatic hydroxyl groups is 1. The molecule has 0 radical (unpaired) electrons. The number of fused-ring (bicyclic) bond motifs is 1. The number of rotatable bonds is 1. The SMILES string of the molecule is N[C@@H]1C[C@H](CO)[C@@H]2C[C@@H]21. The monoisotopic (exact) mass is 127 g/mol. The molecule has 2 heteroatoms. The molecule has 0 bridgehead atoms. The molecule has 2 rings (SSSR count). The van der Waals surface area contributed by atoms with Crippen molar-refractivity contribution in [3.8, 4) is 0 Å². The smallest absolute Gasteiger partial charge is 0.0462 e. The summed E-state index contributed by atoms with van der Waals surface area (Å²) in [4.78, 5) is 0. The highest BCUT2D eigenvalue weighted by molar-refractivity contribution is 5.04. The summed E-state index contributed by atoms with van der Waals surface area (Å²) in [6.07, 6.45) is 2.35. The zero-order chi connectivity index (χ0) is 6.43. The molecule has 2 fully saturated rings. The Labute approximate surface area is 55.1 Å². The van der Waals surface area contributed by atoms with E-state index in [4.69, 9.17) is 10.8 Å². The van der Waals surface area contributed by atoms with Gasteiger partial charge in [0, 0.05) is 12.6 Å². The summed E-state index contributed by atoms with van der Waals surface area (Å²) in [6.45, 7) is 0.356. The van der Waals surface area contributed by atoms with E-state index >= 15 is 0 Å². The summed E-state index contributed by atoms with van der Waals surface area (Å²) in [7, 11) is 0. The van der Waals surface area contributed by atoms with Crippen LogP contribution in [-0.2, 0) is 0 Å². The van der Waals surface area contributed by atoms with Gasteiger partial charge in [-0.25, -0.2) is 0 Å². The van der Waals surface area contributed by atoms with Crippen molar-refractivity contribution >= 4 is 0 Å². The molecule has 0 amide bonds. The summed E-state index contributed by atoms with van der Waals surface area (Å²) in [5.74, 6) is 2.12. The molecule has 3 N–H and O–H groups in total. The van der Waals surface area contributed by atoms with Crippen LogP contribution in [0.2, 0.25) is 0 Å². The van der Waals surface area contributed by atoms with Gasteiger partial charge in [-0.2, -0.15) is 0 Å². The van der Waals surface area contributed by atoms with E-state index in [1.165, 1.54) is 6.42 Å². The van der Waals surface area contributed by atoms with E-state index in [0.717, 1.165) is 18.3 Å². The van der Waals surface area contributed by atoms with Crippen molar-refractivity contribution in [1.82, 2.24) is 0 Å². The van der Waals surface area contributed by atoms with E-state index in [0.29, 0.717) is 18.6 Å². The lowest BCUT2D eigenvalue weighted by molar-refractivity contribution is 0.213. The van der Waals surface area contributed by atoms with Crippen LogP contribution in [0.5, 0.6) is 0 Å². The van der Waals surface area contributed by atoms with Gasteiger partial charge in [0.05, 0.1) is 0 Å². The summed E-state index contributed by atoms with van der Waals surface area (Å²) >= 11 is 0. The maximum Gasteiger partial charge on any atom is 0.0462 e. The van der Waals surface area contributed by atoms with Crippen LogP contribution in [0.4, 0.5) is 0 Å². The molecule has 0 aromatic heterocycles. The van der Waals surface area contributed by atoms with E-state index in [2.05, 4.69) is 0 Å². The van der Waals surface area contributed by atoms with Gasteiger partial charge in [0.25, 0.3) is 0 Å². The Hall–Kier alpha value is -0.0800. The predicted molar refractivity (Wildman–Crippen MR) is 34.8 cm³/mol. The lowest BCUT2D eigenvalue weighted by Crippen LogP contribution is -2.20. The first-order valence-electron chi connectivity index (χ1n) is 3.69. The fourth-order valence-corrected chi connectivity index (χ4v) is 2.18. The normalized spacial score (nSPS) is 55.3. The van der Waals surface area contributed by atoms with Crippen molar-refractivity contribution in [3.63, 3.8) is 0 Å². The van der Waals surface area contributed by atoms with Crippen LogP contribution in [0.15, 0.2) is 0 Å². The summed E-state index contributed by atoms with van der Waals surface area (Å²) in [6, 6.07) is 0.409. The van der Waals surface area contributed by atoms with Gasteiger partial charge in [-0.05, 0) is 30.6 Å². The highest BCUT2D eigenvalue weighted by atomic mass is 16.3. The van der Waals surface area contributed by atoms with Crippen LogP contribution < -0.4 is 5.73 Å². The topological polar surface area (TPSA) is 46.2 Å². The first-order valence-corrected chi connectivity index (χ1v) is 3.69. The lowest BCUT2D eigenvalue weighted by atomic mass is 10.0. The molecule has 9 heavy (non-hydrogen) atoms. The third-order valence-electron chi connectivity index (χ3n) is 2.86. The van der Waals surface area contributed by atoms with Gasteiger partial charge >= 0.3 is 0 Å². The average Bonchev–Trinajstić information content (AvgIpc) is 2.56. The van der Waals surface area contributed by atoms with Crippen molar-refractivity contribution in [3.05, 3.63) is 0 Å². The van der Waals surface area contributed by atoms with Gasteiger partial charge in [0.15, 0.2) is 0 Å². The van der Waals surface area contributed by atoms with Crippen molar-refractivity contribution in [2.24, 2.45) is 23.5 Å². The maximum atomic E-state index is 8.83. The van der Waals surface area contributed by atoms with E-state index in [1.807, 2.05) is 0 Å². The molecular formula is C7H13NO. The Bertz CT molecular complexity index is 126. The predicted octanol–water partition coefficient (Wildman–Crippen LogP) is -0.0380. The summed E-state index contributed by atoms with van der Waals surface area (Å²) in [5, 5.41) is 8.83. The fourth-order valence-electron chi connectivity index (χ4n) is 2.18. The zero-order valence-corrected chi connectivity index (χ0v) is 5.46. The van der Waals surface area contributed by atoms with Crippen molar-refractivity contribution in [1.29, 1.82) is 0 Å². The molecule has 0 saturated heterocycles. The average molecular weight is 127 g/mol. The summed E-state index contributed by atoms with van der Waals surface area (Å²) in [5.41, 5.74) is 5.77. The molecule has 2 aliphatic rings. The zero-order valence-electron chi connectivity index (χ0n) is 5.46. The van der Waals surface area contributed by atoms with Crippen LogP contribution in [0.3, 0.4) is 0 Å². The van der Waals surface area contributed by atoms with Gasteiger partial charge in [-0.3, -0.25) is 0 Å². The van der Waals surface area contributed by atoms with Crippen LogP contribution >= 0.6 is 0 Å². The lowest BCUT2D eigenvalue weighted by Gasteiger charge is -2.08. The van der Waals surface area contributed by atoms with Crippen LogP contribution in [-0.4, -0.2) is 17.8 Å². The Morgan fingerprint density at radius 3 is 2.33 bits per heavy atom.